The van der Waals surface area contributed by atoms with E-state index in [0.717, 1.165) is 43.4 Å². The van der Waals surface area contributed by atoms with Crippen LogP contribution >= 0.6 is 11.3 Å². The van der Waals surface area contributed by atoms with E-state index < -0.39 is 0 Å². The lowest BCUT2D eigenvalue weighted by atomic mass is 10.1. The molecule has 5 heteroatoms. The van der Waals surface area contributed by atoms with Crippen LogP contribution in [0, 0.1) is 13.8 Å². The number of benzene rings is 1. The van der Waals surface area contributed by atoms with Gasteiger partial charge in [-0.2, -0.15) is 0 Å². The lowest BCUT2D eigenvalue weighted by molar-refractivity contribution is 0.102. The number of nitrogens with one attached hydrogen (secondary N) is 1. The molecule has 1 aromatic carbocycles. The number of carbonyl (C=O) groups excluding carboxylic acids is 1. The van der Waals surface area contributed by atoms with Crippen LogP contribution in [-0.2, 0) is 6.42 Å². The van der Waals surface area contributed by atoms with Gasteiger partial charge in [0.15, 0.2) is 5.13 Å². The number of aliphatic hydroxyl groups is 1. The maximum Gasteiger partial charge on any atom is 0.257 e. The molecule has 0 bridgehead atoms. The van der Waals surface area contributed by atoms with Gasteiger partial charge in [0, 0.05) is 17.0 Å². The number of aliphatic hydroxyl groups excluding tert-OH is 1. The Bertz CT molecular complexity index is 650. The van der Waals surface area contributed by atoms with E-state index >= 15 is 0 Å². The molecule has 2 rings (SSSR count). The number of hydrogen-bond acceptors (Lipinski definition) is 4. The lowest BCUT2D eigenvalue weighted by Gasteiger charge is -2.02. The summed E-state index contributed by atoms with van der Waals surface area (Å²) < 4.78 is 0. The van der Waals surface area contributed by atoms with Gasteiger partial charge in [0.05, 0.1) is 5.69 Å². The minimum atomic E-state index is -0.112. The molecule has 1 heterocycles. The molecule has 0 spiro atoms. The number of nitrogens with zero attached hydrogens (tertiary/aromatic N) is 1. The molecule has 1 aromatic heterocycles. The van der Waals surface area contributed by atoms with Gasteiger partial charge in [-0.3, -0.25) is 10.1 Å². The molecule has 0 aliphatic carbocycles. The summed E-state index contributed by atoms with van der Waals surface area (Å²) in [6.07, 6.45) is 6.45. The number of hydrogen-bond donors (Lipinski definition) is 2. The minimum Gasteiger partial charge on any atom is -0.396 e. The van der Waals surface area contributed by atoms with E-state index in [2.05, 4.69) is 10.3 Å². The number of aryl methyl sites for hydroxylation is 3. The topological polar surface area (TPSA) is 62.2 Å². The van der Waals surface area contributed by atoms with Crippen LogP contribution < -0.4 is 5.32 Å². The van der Waals surface area contributed by atoms with Gasteiger partial charge in [0.2, 0.25) is 0 Å². The summed E-state index contributed by atoms with van der Waals surface area (Å²) in [4.78, 5) is 18.0. The number of unbranched alkanes of at least 4 members (excludes halogenated alkanes) is 4. The minimum absolute atomic E-state index is 0.112. The molecule has 0 unspecified atom stereocenters. The molecule has 0 atom stereocenters. The second kappa shape index (κ2) is 9.55. The highest BCUT2D eigenvalue weighted by molar-refractivity contribution is 7.15. The molecule has 0 saturated heterocycles. The first kappa shape index (κ1) is 18.6. The highest BCUT2D eigenvalue weighted by atomic mass is 32.1. The summed E-state index contributed by atoms with van der Waals surface area (Å²) in [7, 11) is 0. The zero-order valence-corrected chi connectivity index (χ0v) is 15.3. The molecular formula is C19H26N2O2S. The van der Waals surface area contributed by atoms with E-state index in [1.165, 1.54) is 11.3 Å². The first-order chi connectivity index (χ1) is 11.6. The Morgan fingerprint density at radius 3 is 2.46 bits per heavy atom. The molecule has 4 nitrogen and oxygen atoms in total. The normalized spacial score (nSPS) is 10.8. The molecule has 0 radical (unpaired) electrons. The third kappa shape index (κ3) is 5.73. The van der Waals surface area contributed by atoms with Crippen molar-refractivity contribution in [2.24, 2.45) is 0 Å². The molecule has 0 fully saturated rings. The zero-order valence-electron chi connectivity index (χ0n) is 14.5. The van der Waals surface area contributed by atoms with Crippen LogP contribution in [0.3, 0.4) is 0 Å². The van der Waals surface area contributed by atoms with E-state index in [-0.39, 0.29) is 12.5 Å². The van der Waals surface area contributed by atoms with Crippen LogP contribution in [0.25, 0.3) is 0 Å². The van der Waals surface area contributed by atoms with Crippen molar-refractivity contribution in [3.8, 4) is 0 Å². The summed E-state index contributed by atoms with van der Waals surface area (Å²) >= 11 is 1.57. The van der Waals surface area contributed by atoms with E-state index in [4.69, 9.17) is 5.11 Å². The maximum absolute atomic E-state index is 12.2. The molecule has 2 aromatic rings. The highest BCUT2D eigenvalue weighted by Gasteiger charge is 2.11. The van der Waals surface area contributed by atoms with Gasteiger partial charge < -0.3 is 5.11 Å². The summed E-state index contributed by atoms with van der Waals surface area (Å²) in [5, 5.41) is 12.3. The smallest absolute Gasteiger partial charge is 0.257 e. The Kier molecular flexibility index (Phi) is 7.40. The van der Waals surface area contributed by atoms with E-state index in [1.54, 1.807) is 11.3 Å². The van der Waals surface area contributed by atoms with Gasteiger partial charge in [0.25, 0.3) is 5.91 Å². The van der Waals surface area contributed by atoms with Crippen molar-refractivity contribution in [1.29, 1.82) is 0 Å². The van der Waals surface area contributed by atoms with Crippen molar-refractivity contribution in [1.82, 2.24) is 4.98 Å². The Labute approximate surface area is 148 Å². The first-order valence-corrected chi connectivity index (χ1v) is 9.37. The largest absolute Gasteiger partial charge is 0.396 e. The molecule has 2 N–H and O–H groups in total. The molecule has 0 saturated carbocycles. The van der Waals surface area contributed by atoms with Crippen LogP contribution in [0.15, 0.2) is 24.3 Å². The highest BCUT2D eigenvalue weighted by Crippen LogP contribution is 2.25. The number of anilines is 1. The van der Waals surface area contributed by atoms with Gasteiger partial charge in [-0.25, -0.2) is 4.98 Å². The molecule has 24 heavy (non-hydrogen) atoms. The fourth-order valence-corrected chi connectivity index (χ4v) is 3.51. The third-order valence-electron chi connectivity index (χ3n) is 3.99. The zero-order chi connectivity index (χ0) is 17.4. The Morgan fingerprint density at radius 1 is 1.08 bits per heavy atom. The van der Waals surface area contributed by atoms with Crippen molar-refractivity contribution in [3.05, 3.63) is 46.0 Å². The van der Waals surface area contributed by atoms with Crippen molar-refractivity contribution >= 4 is 22.4 Å². The first-order valence-electron chi connectivity index (χ1n) is 8.55. The fourth-order valence-electron chi connectivity index (χ4n) is 2.52. The third-order valence-corrected chi connectivity index (χ3v) is 5.12. The average Bonchev–Trinajstić information content (AvgIpc) is 2.91. The molecule has 0 aliphatic rings. The molecule has 1 amide bonds. The number of thiazole rings is 1. The Balaban J connectivity index is 1.84. The van der Waals surface area contributed by atoms with Crippen LogP contribution in [0.2, 0.25) is 0 Å². The Hall–Kier alpha value is -1.72. The predicted molar refractivity (Wildman–Crippen MR) is 99.9 cm³/mol. The summed E-state index contributed by atoms with van der Waals surface area (Å²) in [6.45, 7) is 4.29. The number of rotatable bonds is 9. The van der Waals surface area contributed by atoms with E-state index in [1.807, 2.05) is 38.1 Å². The molecular weight excluding hydrogens is 320 g/mol. The monoisotopic (exact) mass is 346 g/mol. The predicted octanol–water partition coefficient (Wildman–Crippen LogP) is 4.50. The maximum atomic E-state index is 12.2. The fraction of sp³-hybridized carbons (Fsp3) is 0.474. The van der Waals surface area contributed by atoms with E-state index in [0.29, 0.717) is 10.7 Å². The van der Waals surface area contributed by atoms with Crippen LogP contribution in [-0.4, -0.2) is 22.6 Å². The van der Waals surface area contributed by atoms with Gasteiger partial charge in [-0.15, -0.1) is 11.3 Å². The number of carbonyl (C=O) groups is 1. The lowest BCUT2D eigenvalue weighted by Crippen LogP contribution is -2.11. The van der Waals surface area contributed by atoms with Crippen molar-refractivity contribution in [3.63, 3.8) is 0 Å². The molecule has 130 valence electrons. The van der Waals surface area contributed by atoms with Crippen LogP contribution in [0.4, 0.5) is 5.13 Å². The van der Waals surface area contributed by atoms with Crippen molar-refractivity contribution in [2.45, 2.75) is 52.4 Å². The number of aromatic nitrogens is 1. The van der Waals surface area contributed by atoms with Crippen molar-refractivity contribution < 1.29 is 9.90 Å². The standard InChI is InChI=1S/C19H26N2O2S/c1-14-9-11-16(12-10-14)18(23)21-19-20-15(2)17(24-19)8-6-4-3-5-7-13-22/h9-12,22H,3-8,13H2,1-2H3,(H,20,21,23). The average molecular weight is 346 g/mol. The quantitative estimate of drug-likeness (QED) is 0.657. The SMILES string of the molecule is Cc1ccc(C(=O)Nc2nc(C)c(CCCCCCCO)s2)cc1. The van der Waals surface area contributed by atoms with E-state index in [9.17, 15) is 4.79 Å². The second-order valence-electron chi connectivity index (χ2n) is 6.09. The van der Waals surface area contributed by atoms with Crippen LogP contribution in [0.5, 0.6) is 0 Å². The summed E-state index contributed by atoms with van der Waals surface area (Å²) in [6, 6.07) is 7.53. The van der Waals surface area contributed by atoms with Gasteiger partial charge in [0.1, 0.15) is 0 Å². The van der Waals surface area contributed by atoms with Crippen LogP contribution in [0.1, 0.15) is 58.6 Å². The van der Waals surface area contributed by atoms with Gasteiger partial charge >= 0.3 is 0 Å². The number of amides is 1. The van der Waals surface area contributed by atoms with Crippen molar-refractivity contribution in [2.75, 3.05) is 11.9 Å². The van der Waals surface area contributed by atoms with Gasteiger partial charge in [-0.05, 0) is 45.2 Å². The molecule has 0 aliphatic heterocycles. The Morgan fingerprint density at radius 2 is 1.75 bits per heavy atom. The second-order valence-corrected chi connectivity index (χ2v) is 7.17. The summed E-state index contributed by atoms with van der Waals surface area (Å²) in [5.41, 5.74) is 2.80. The summed E-state index contributed by atoms with van der Waals surface area (Å²) in [5.74, 6) is -0.112. The van der Waals surface area contributed by atoms with Gasteiger partial charge in [-0.1, -0.05) is 37.0 Å².